The largest absolute Gasteiger partial charge is 0.466 e. The van der Waals surface area contributed by atoms with E-state index in [1.54, 1.807) is 36.5 Å². The molecule has 0 spiro atoms. The van der Waals surface area contributed by atoms with Gasteiger partial charge in [0.25, 0.3) is 0 Å². The average molecular weight is 931 g/mol. The van der Waals surface area contributed by atoms with Crippen molar-refractivity contribution in [3.8, 4) is 11.3 Å². The first-order valence-electron chi connectivity index (χ1n) is 20.7. The molecule has 328 valence electrons. The van der Waals surface area contributed by atoms with Crippen molar-refractivity contribution in [2.45, 2.75) is 126 Å². The van der Waals surface area contributed by atoms with Crippen molar-refractivity contribution >= 4 is 97.8 Å². The second-order valence-corrected chi connectivity index (χ2v) is 18.0. The van der Waals surface area contributed by atoms with Crippen LogP contribution in [-0.2, 0) is 20.7 Å². The molecule has 2 N–H and O–H groups in total. The van der Waals surface area contributed by atoms with E-state index in [0.29, 0.717) is 63.5 Å². The first-order chi connectivity index (χ1) is 28.1. The Morgan fingerprint density at radius 1 is 0.864 bits per heavy atom. The summed E-state index contributed by atoms with van der Waals surface area (Å²) in [5.74, 6) is 0.928. The van der Waals surface area contributed by atoms with E-state index < -0.39 is 6.04 Å². The van der Waals surface area contributed by atoms with E-state index in [-0.39, 0.29) is 23.5 Å². The quantitative estimate of drug-likeness (QED) is 0.0301. The predicted molar refractivity (Wildman–Crippen MR) is 256 cm³/mol. The summed E-state index contributed by atoms with van der Waals surface area (Å²) in [5, 5.41) is 11.6. The number of rotatable bonds is 24. The molecule has 0 fully saturated rings. The molecular weight excluding hydrogens is 866 g/mol. The van der Waals surface area contributed by atoms with Gasteiger partial charge < -0.3 is 15.4 Å². The molecule has 0 bridgehead atoms. The van der Waals surface area contributed by atoms with Gasteiger partial charge in [-0.25, -0.2) is 9.98 Å². The van der Waals surface area contributed by atoms with Crippen molar-refractivity contribution in [3.63, 3.8) is 0 Å². The Labute approximate surface area is 383 Å². The number of isothiocyanates is 1. The fraction of sp³-hybridized carbons (Fsp3) is 0.578. The van der Waals surface area contributed by atoms with Crippen molar-refractivity contribution in [2.75, 3.05) is 31.6 Å². The second-order valence-electron chi connectivity index (χ2n) is 15.1. The Morgan fingerprint density at radius 3 is 2.07 bits per heavy atom. The first-order valence-corrected chi connectivity index (χ1v) is 23.4. The van der Waals surface area contributed by atoms with Gasteiger partial charge in [0.1, 0.15) is 11.8 Å². The highest BCUT2D eigenvalue weighted by Gasteiger charge is 2.21. The van der Waals surface area contributed by atoms with Crippen LogP contribution in [-0.4, -0.2) is 60.0 Å². The molecule has 1 heterocycles. The number of anilines is 1. The van der Waals surface area contributed by atoms with E-state index in [4.69, 9.17) is 56.1 Å². The minimum Gasteiger partial charge on any atom is -0.466 e. The van der Waals surface area contributed by atoms with Gasteiger partial charge in [-0.3, -0.25) is 14.4 Å². The minimum atomic E-state index is -0.500. The standard InChI is InChI=1S/C22H30Cl2N2OS.C13H13Cl2NOS.C10H21NO2/c1-5-6-7-8-17(15(4)27)13-25-22-26-21(20(28-22)11-14(2)3)16-9-10-18(23)19(24)12-16;1-8(2)5-12(16-7-18)13(17)9-3-4-10(14)11(15)6-9;1-3-5-6-8-11-9-7-10(12)13-4-2/h9-10,12,14,17H,5-8,11,13H2,1-4H3,(H,25,26);3-4,6,8,12H,5H2,1-2H3;11H,3-9H2,1-2H3. The lowest BCUT2D eigenvalue weighted by atomic mass is 9.96. The van der Waals surface area contributed by atoms with Crippen LogP contribution in [0.2, 0.25) is 20.1 Å². The van der Waals surface area contributed by atoms with Gasteiger partial charge in [-0.1, -0.05) is 126 Å². The van der Waals surface area contributed by atoms with Gasteiger partial charge in [-0.15, -0.1) is 11.3 Å². The van der Waals surface area contributed by atoms with Crippen LogP contribution in [0.1, 0.15) is 128 Å². The van der Waals surface area contributed by atoms with Gasteiger partial charge >= 0.3 is 5.97 Å². The van der Waals surface area contributed by atoms with Crippen LogP contribution in [0.4, 0.5) is 5.13 Å². The molecule has 0 radical (unpaired) electrons. The number of hydrogen-bond acceptors (Lipinski definition) is 10. The van der Waals surface area contributed by atoms with Crippen LogP contribution in [0.15, 0.2) is 41.4 Å². The summed E-state index contributed by atoms with van der Waals surface area (Å²) >= 11 is 30.2. The number of nitrogens with zero attached hydrogens (tertiary/aromatic N) is 2. The lowest BCUT2D eigenvalue weighted by Crippen LogP contribution is -2.21. The smallest absolute Gasteiger partial charge is 0.307 e. The number of thiazole rings is 1. The Kier molecular flexibility index (Phi) is 29.1. The molecule has 3 aromatic rings. The van der Waals surface area contributed by atoms with Crippen LogP contribution in [0.3, 0.4) is 0 Å². The molecule has 3 rings (SSSR count). The Morgan fingerprint density at radius 2 is 1.51 bits per heavy atom. The number of benzene rings is 2. The number of hydrogen-bond donors (Lipinski definition) is 2. The molecular formula is C45H64Cl4N4O4S2. The molecule has 14 heteroatoms. The SMILES string of the molecule is CC(C)CC(N=C=S)C(=O)c1ccc(Cl)c(Cl)c1.CCCCCC(CNc1nc(-c2ccc(Cl)c(Cl)c2)c(CC(C)C)s1)C(C)=O.CCCCCNCCC(=O)OCC. The molecule has 2 aromatic carbocycles. The van der Waals surface area contributed by atoms with E-state index in [1.165, 1.54) is 30.6 Å². The molecule has 2 atom stereocenters. The third-order valence-electron chi connectivity index (χ3n) is 8.89. The van der Waals surface area contributed by atoms with Crippen molar-refractivity contribution < 1.29 is 19.1 Å². The third-order valence-corrected chi connectivity index (χ3v) is 11.5. The lowest BCUT2D eigenvalue weighted by Gasteiger charge is -2.13. The maximum absolute atomic E-state index is 12.3. The van der Waals surface area contributed by atoms with Crippen molar-refractivity contribution in [3.05, 3.63) is 66.9 Å². The summed E-state index contributed by atoms with van der Waals surface area (Å²) in [6.45, 7) is 19.2. The zero-order valence-electron chi connectivity index (χ0n) is 36.0. The van der Waals surface area contributed by atoms with Gasteiger partial charge in [0.05, 0.1) is 44.0 Å². The summed E-state index contributed by atoms with van der Waals surface area (Å²) in [5.41, 5.74) is 2.41. The van der Waals surface area contributed by atoms with E-state index >= 15 is 0 Å². The number of esters is 1. The molecule has 8 nitrogen and oxygen atoms in total. The molecule has 0 amide bonds. The Balaban J connectivity index is 0.000000482. The molecule has 0 saturated carbocycles. The summed E-state index contributed by atoms with van der Waals surface area (Å²) in [7, 11) is 0. The maximum atomic E-state index is 12.3. The predicted octanol–water partition coefficient (Wildman–Crippen LogP) is 13.9. The van der Waals surface area contributed by atoms with Crippen LogP contribution in [0, 0.1) is 17.8 Å². The van der Waals surface area contributed by atoms with Gasteiger partial charge in [-0.2, -0.15) is 0 Å². The van der Waals surface area contributed by atoms with Crippen LogP contribution >= 0.6 is 70.0 Å². The number of halogens is 4. The number of Topliss-reactive ketones (excluding diaryl/α,β-unsaturated/α-hetero) is 2. The van der Waals surface area contributed by atoms with E-state index in [1.807, 2.05) is 39.0 Å². The molecule has 2 unspecified atom stereocenters. The Bertz CT molecular complexity index is 1770. The van der Waals surface area contributed by atoms with Gasteiger partial charge in [0, 0.05) is 35.0 Å². The minimum absolute atomic E-state index is 0.0393. The number of aliphatic imine (C=N–C) groups is 1. The molecule has 0 aliphatic carbocycles. The van der Waals surface area contributed by atoms with Crippen LogP contribution < -0.4 is 10.6 Å². The monoisotopic (exact) mass is 928 g/mol. The lowest BCUT2D eigenvalue weighted by molar-refractivity contribution is -0.143. The fourth-order valence-corrected chi connectivity index (χ4v) is 7.65. The average Bonchev–Trinajstić information content (AvgIpc) is 3.58. The number of aromatic nitrogens is 1. The van der Waals surface area contributed by atoms with Gasteiger partial charge in [0.2, 0.25) is 0 Å². The second kappa shape index (κ2) is 31.4. The molecule has 0 aliphatic rings. The highest BCUT2D eigenvalue weighted by atomic mass is 35.5. The Hall–Kier alpha value is -2.40. The number of nitrogens with one attached hydrogen (secondary N) is 2. The van der Waals surface area contributed by atoms with Crippen molar-refractivity contribution in [1.82, 2.24) is 10.3 Å². The molecule has 0 aliphatic heterocycles. The number of thiocarbonyl (C=S) groups is 1. The molecule has 0 saturated heterocycles. The fourth-order valence-electron chi connectivity index (χ4n) is 5.72. The van der Waals surface area contributed by atoms with Crippen LogP contribution in [0.5, 0.6) is 0 Å². The topological polar surface area (TPSA) is 110 Å². The van der Waals surface area contributed by atoms with E-state index in [0.717, 1.165) is 55.2 Å². The summed E-state index contributed by atoms with van der Waals surface area (Å²) in [4.78, 5) is 45.1. The van der Waals surface area contributed by atoms with Crippen LogP contribution in [0.25, 0.3) is 11.3 Å². The van der Waals surface area contributed by atoms with Crippen molar-refractivity contribution in [1.29, 1.82) is 0 Å². The number of ketones is 2. The van der Waals surface area contributed by atoms with Gasteiger partial charge in [0.15, 0.2) is 10.9 Å². The zero-order valence-corrected chi connectivity index (χ0v) is 40.7. The third kappa shape index (κ3) is 22.9. The number of unbranched alkanes of at least 4 members (excludes halogenated alkanes) is 4. The maximum Gasteiger partial charge on any atom is 0.307 e. The summed E-state index contributed by atoms with van der Waals surface area (Å²) in [6.07, 6.45) is 10.1. The normalized spacial score (nSPS) is 11.8. The number of carbonyl (C=O) groups is 3. The van der Waals surface area contributed by atoms with E-state index in [2.05, 4.69) is 60.7 Å². The van der Waals surface area contributed by atoms with E-state index in [9.17, 15) is 14.4 Å². The molecule has 1 aromatic heterocycles. The number of carbonyl (C=O) groups excluding carboxylic acids is 3. The first kappa shape index (κ1) is 54.6. The number of ether oxygens (including phenoxy) is 1. The highest BCUT2D eigenvalue weighted by molar-refractivity contribution is 7.78. The summed E-state index contributed by atoms with van der Waals surface area (Å²) in [6, 6.07) is 9.94. The van der Waals surface area contributed by atoms with Gasteiger partial charge in [-0.05, 0) is 100 Å². The zero-order chi connectivity index (χ0) is 44.3. The highest BCUT2D eigenvalue weighted by Crippen LogP contribution is 2.36. The summed E-state index contributed by atoms with van der Waals surface area (Å²) < 4.78 is 4.79. The molecule has 59 heavy (non-hydrogen) atoms. The van der Waals surface area contributed by atoms with Crippen molar-refractivity contribution in [2.24, 2.45) is 22.7 Å².